The molecule has 1 fully saturated rings. The molecule has 0 atom stereocenters. The lowest BCUT2D eigenvalue weighted by atomic mass is 10.1. The van der Waals surface area contributed by atoms with Gasteiger partial charge in [0.1, 0.15) is 0 Å². The van der Waals surface area contributed by atoms with Gasteiger partial charge in [-0.3, -0.25) is 4.79 Å². The van der Waals surface area contributed by atoms with Crippen LogP contribution in [-0.2, 0) is 14.6 Å². The first-order chi connectivity index (χ1) is 12.7. The third-order valence-electron chi connectivity index (χ3n) is 5.56. The van der Waals surface area contributed by atoms with E-state index in [-0.39, 0.29) is 4.90 Å². The van der Waals surface area contributed by atoms with Crippen molar-refractivity contribution in [2.45, 2.75) is 56.1 Å². The number of carbonyl (C=O) groups is 1. The van der Waals surface area contributed by atoms with Gasteiger partial charge in [0.05, 0.1) is 4.90 Å². The summed E-state index contributed by atoms with van der Waals surface area (Å²) in [5, 5.41) is 2.88. The van der Waals surface area contributed by atoms with Gasteiger partial charge < -0.3 is 5.32 Å². The number of hydrogen-bond donors (Lipinski definition) is 1. The van der Waals surface area contributed by atoms with E-state index in [9.17, 15) is 13.2 Å². The largest absolute Gasteiger partial charge is 0.324 e. The predicted molar refractivity (Wildman–Crippen MR) is 112 cm³/mol. The molecule has 1 amide bonds. The summed E-state index contributed by atoms with van der Waals surface area (Å²) >= 11 is 3.41. The number of carbonyl (C=O) groups excluding carboxylic acids is 1. The normalized spacial score (nSPS) is 16.3. The first-order valence-corrected chi connectivity index (χ1v) is 11.3. The number of nitrogens with one attached hydrogen (secondary N) is 1. The van der Waals surface area contributed by atoms with Crippen LogP contribution in [0.2, 0.25) is 0 Å². The summed E-state index contributed by atoms with van der Waals surface area (Å²) in [4.78, 5) is 13.5. The third kappa shape index (κ3) is 3.57. The van der Waals surface area contributed by atoms with Crippen molar-refractivity contribution in [1.82, 2.24) is 0 Å². The summed E-state index contributed by atoms with van der Waals surface area (Å²) in [5.74, 6) is -0.427. The van der Waals surface area contributed by atoms with E-state index in [2.05, 4.69) is 21.2 Å². The van der Waals surface area contributed by atoms with Crippen LogP contribution in [0.15, 0.2) is 45.8 Å². The molecule has 1 N–H and O–H groups in total. The fourth-order valence-electron chi connectivity index (χ4n) is 3.67. The Kier molecular flexibility index (Phi) is 5.50. The summed E-state index contributed by atoms with van der Waals surface area (Å²) in [6.07, 6.45) is 2.17. The summed E-state index contributed by atoms with van der Waals surface area (Å²) < 4.78 is 26.5. The summed E-state index contributed by atoms with van der Waals surface area (Å²) in [7, 11) is -3.80. The van der Waals surface area contributed by atoms with Crippen LogP contribution in [0, 0.1) is 20.8 Å². The van der Waals surface area contributed by atoms with Crippen LogP contribution in [-0.4, -0.2) is 19.1 Å². The van der Waals surface area contributed by atoms with Crippen LogP contribution in [0.5, 0.6) is 0 Å². The maximum atomic E-state index is 13.5. The highest BCUT2D eigenvalue weighted by atomic mass is 79.9. The summed E-state index contributed by atoms with van der Waals surface area (Å²) in [5.41, 5.74) is 3.47. The van der Waals surface area contributed by atoms with Crippen LogP contribution in [0.25, 0.3) is 0 Å². The number of amides is 1. The average molecular weight is 450 g/mol. The molecule has 0 unspecified atom stereocenters. The van der Waals surface area contributed by atoms with Crippen LogP contribution in [0.3, 0.4) is 0 Å². The Hall–Kier alpha value is -1.66. The monoisotopic (exact) mass is 449 g/mol. The molecule has 0 spiro atoms. The quantitative estimate of drug-likeness (QED) is 0.705. The van der Waals surface area contributed by atoms with Crippen LogP contribution in [0.4, 0.5) is 5.69 Å². The van der Waals surface area contributed by atoms with Crippen molar-refractivity contribution < 1.29 is 13.2 Å². The average Bonchev–Trinajstić information content (AvgIpc) is 3.11. The number of benzene rings is 2. The van der Waals surface area contributed by atoms with E-state index in [1.54, 1.807) is 18.2 Å². The first-order valence-electron chi connectivity index (χ1n) is 9.07. The fourth-order valence-corrected chi connectivity index (χ4v) is 6.30. The van der Waals surface area contributed by atoms with Gasteiger partial charge >= 0.3 is 0 Å². The predicted octanol–water partition coefficient (Wildman–Crippen LogP) is 5.10. The molecular formula is C21H24BrNO3S. The number of anilines is 1. The molecule has 1 saturated carbocycles. The molecule has 0 aromatic heterocycles. The smallest absolute Gasteiger partial charge is 0.246 e. The molecule has 1 aliphatic carbocycles. The van der Waals surface area contributed by atoms with E-state index in [0.29, 0.717) is 18.5 Å². The molecular weight excluding hydrogens is 426 g/mol. The Bertz CT molecular complexity index is 992. The van der Waals surface area contributed by atoms with Gasteiger partial charge in [-0.15, -0.1) is 0 Å². The minimum atomic E-state index is -3.80. The number of hydrogen-bond acceptors (Lipinski definition) is 3. The molecule has 0 radical (unpaired) electrons. The number of rotatable bonds is 4. The second-order valence-corrected chi connectivity index (χ2v) is 10.5. The lowest BCUT2D eigenvalue weighted by Crippen LogP contribution is -2.47. The van der Waals surface area contributed by atoms with Gasteiger partial charge in [-0.1, -0.05) is 34.8 Å². The zero-order valence-corrected chi connectivity index (χ0v) is 18.2. The molecule has 27 heavy (non-hydrogen) atoms. The minimum Gasteiger partial charge on any atom is -0.324 e. The van der Waals surface area contributed by atoms with Crippen LogP contribution in [0.1, 0.15) is 42.4 Å². The van der Waals surface area contributed by atoms with Crippen molar-refractivity contribution in [2.75, 3.05) is 5.32 Å². The van der Waals surface area contributed by atoms with Crippen molar-refractivity contribution in [3.63, 3.8) is 0 Å². The topological polar surface area (TPSA) is 63.2 Å². The molecule has 2 aromatic carbocycles. The van der Waals surface area contributed by atoms with Gasteiger partial charge in [-0.25, -0.2) is 8.42 Å². The maximum Gasteiger partial charge on any atom is 0.246 e. The Balaban J connectivity index is 2.02. The molecule has 144 valence electrons. The second-order valence-electron chi connectivity index (χ2n) is 7.36. The number of halogens is 1. The van der Waals surface area contributed by atoms with E-state index in [1.807, 2.05) is 39.0 Å². The molecule has 6 heteroatoms. The highest BCUT2D eigenvalue weighted by Gasteiger charge is 2.53. The van der Waals surface area contributed by atoms with E-state index in [0.717, 1.165) is 34.0 Å². The lowest BCUT2D eigenvalue weighted by Gasteiger charge is -2.28. The van der Waals surface area contributed by atoms with Crippen molar-refractivity contribution in [3.8, 4) is 0 Å². The maximum absolute atomic E-state index is 13.5. The molecule has 3 rings (SSSR count). The molecule has 0 aliphatic heterocycles. The van der Waals surface area contributed by atoms with Crippen LogP contribution < -0.4 is 5.32 Å². The van der Waals surface area contributed by atoms with Gasteiger partial charge in [0.15, 0.2) is 14.6 Å². The van der Waals surface area contributed by atoms with Crippen molar-refractivity contribution in [1.29, 1.82) is 0 Å². The summed E-state index contributed by atoms with van der Waals surface area (Å²) in [6, 6.07) is 10.6. The zero-order chi connectivity index (χ0) is 19.8. The molecule has 4 nitrogen and oxygen atoms in total. The summed E-state index contributed by atoms with van der Waals surface area (Å²) in [6.45, 7) is 5.72. The minimum absolute atomic E-state index is 0.232. The fraction of sp³-hybridized carbons (Fsp3) is 0.381. The molecule has 0 heterocycles. The van der Waals surface area contributed by atoms with Crippen molar-refractivity contribution >= 4 is 37.4 Å². The van der Waals surface area contributed by atoms with Gasteiger partial charge in [-0.05, 0) is 80.6 Å². The van der Waals surface area contributed by atoms with Gasteiger partial charge in [0.2, 0.25) is 5.91 Å². The van der Waals surface area contributed by atoms with Gasteiger partial charge in [0, 0.05) is 10.2 Å². The number of aryl methyl sites for hydroxylation is 3. The van der Waals surface area contributed by atoms with Gasteiger partial charge in [0.25, 0.3) is 0 Å². The lowest BCUT2D eigenvalue weighted by molar-refractivity contribution is -0.118. The number of sulfone groups is 1. The molecule has 0 bridgehead atoms. The molecule has 1 aliphatic rings. The van der Waals surface area contributed by atoms with E-state index >= 15 is 0 Å². The first kappa shape index (κ1) is 20.1. The highest BCUT2D eigenvalue weighted by molar-refractivity contribution is 9.10. The second kappa shape index (κ2) is 7.40. The standard InChI is InChI=1S/C21H24BrNO3S/c1-14-6-8-18(13-15(14)2)27(25,26)21(10-4-5-11-21)20(24)23-19-9-7-17(22)12-16(19)3/h6-9,12-13H,4-5,10-11H2,1-3H3,(H,23,24). The zero-order valence-electron chi connectivity index (χ0n) is 15.8. The molecule has 2 aromatic rings. The third-order valence-corrected chi connectivity index (χ3v) is 8.56. The van der Waals surface area contributed by atoms with E-state index in [4.69, 9.17) is 0 Å². The Morgan fingerprint density at radius 3 is 2.22 bits per heavy atom. The molecule has 0 saturated heterocycles. The Labute approximate surface area is 169 Å². The van der Waals surface area contributed by atoms with E-state index in [1.165, 1.54) is 0 Å². The van der Waals surface area contributed by atoms with Crippen molar-refractivity contribution in [2.24, 2.45) is 0 Å². The SMILES string of the molecule is Cc1ccc(S(=O)(=O)C2(C(=O)Nc3ccc(Br)cc3C)CCCC2)cc1C. The highest BCUT2D eigenvalue weighted by Crippen LogP contribution is 2.42. The Morgan fingerprint density at radius 2 is 1.63 bits per heavy atom. The Morgan fingerprint density at radius 1 is 0.963 bits per heavy atom. The van der Waals surface area contributed by atoms with Crippen molar-refractivity contribution in [3.05, 3.63) is 57.6 Å². The van der Waals surface area contributed by atoms with Crippen LogP contribution >= 0.6 is 15.9 Å². The van der Waals surface area contributed by atoms with Gasteiger partial charge in [-0.2, -0.15) is 0 Å². The van der Waals surface area contributed by atoms with E-state index < -0.39 is 20.5 Å².